The zero-order valence-electron chi connectivity index (χ0n) is 10.0. The Labute approximate surface area is 104 Å². The highest BCUT2D eigenvalue weighted by atomic mass is 16.5. The molecule has 0 atom stereocenters. The molecule has 0 amide bonds. The molecule has 0 aliphatic rings. The molecule has 2 heterocycles. The maximum atomic E-state index is 11.8. The zero-order chi connectivity index (χ0) is 13.0. The van der Waals surface area contributed by atoms with Gasteiger partial charge in [-0.25, -0.2) is 4.79 Å². The number of anilines is 1. The van der Waals surface area contributed by atoms with Crippen molar-refractivity contribution < 1.29 is 9.53 Å². The third kappa shape index (κ3) is 2.85. The van der Waals surface area contributed by atoms with Crippen LogP contribution < -0.4 is 5.73 Å². The van der Waals surface area contributed by atoms with Gasteiger partial charge in [-0.15, -0.1) is 0 Å². The molecule has 0 spiro atoms. The molecular weight excluding hydrogens is 232 g/mol. The molecule has 0 fully saturated rings. The molecule has 94 valence electrons. The first kappa shape index (κ1) is 12.1. The number of rotatable bonds is 4. The minimum absolute atomic E-state index is 0.259. The quantitative estimate of drug-likeness (QED) is 0.814. The van der Waals surface area contributed by atoms with Crippen molar-refractivity contribution in [2.75, 3.05) is 12.3 Å². The van der Waals surface area contributed by atoms with E-state index in [1.165, 1.54) is 6.20 Å². The van der Waals surface area contributed by atoms with Crippen LogP contribution in [0.3, 0.4) is 0 Å². The first-order chi connectivity index (χ1) is 8.66. The van der Waals surface area contributed by atoms with E-state index in [0.717, 1.165) is 0 Å². The number of hydrogen-bond acceptors (Lipinski definition) is 5. The van der Waals surface area contributed by atoms with Crippen LogP contribution in [-0.4, -0.2) is 27.3 Å². The van der Waals surface area contributed by atoms with Gasteiger partial charge in [-0.05, 0) is 19.1 Å². The van der Waals surface area contributed by atoms with E-state index in [1.807, 2.05) is 6.07 Å². The second-order valence-electron chi connectivity index (χ2n) is 3.81. The smallest absolute Gasteiger partial charge is 0.340 e. The van der Waals surface area contributed by atoms with Gasteiger partial charge < -0.3 is 10.5 Å². The third-order valence-corrected chi connectivity index (χ3v) is 2.44. The maximum Gasteiger partial charge on any atom is 0.340 e. The molecule has 18 heavy (non-hydrogen) atoms. The minimum Gasteiger partial charge on any atom is -0.460 e. The monoisotopic (exact) mass is 246 g/mol. The zero-order valence-corrected chi connectivity index (χ0v) is 10.0. The van der Waals surface area contributed by atoms with Crippen LogP contribution in [0.25, 0.3) is 0 Å². The molecule has 6 heteroatoms. The van der Waals surface area contributed by atoms with E-state index in [0.29, 0.717) is 23.5 Å². The van der Waals surface area contributed by atoms with Crippen LogP contribution in [0.4, 0.5) is 5.69 Å². The standard InChI is InChI=1S/C12H14N4O2/c1-9-11(7-10(13)8-14-9)12(17)18-6-5-16-4-2-3-15-16/h2-4,7-8H,5-6,13H2,1H3. The van der Waals surface area contributed by atoms with E-state index in [9.17, 15) is 4.79 Å². The van der Waals surface area contributed by atoms with E-state index in [-0.39, 0.29) is 6.61 Å². The Morgan fingerprint density at radius 1 is 1.56 bits per heavy atom. The van der Waals surface area contributed by atoms with Crippen molar-refractivity contribution in [3.8, 4) is 0 Å². The largest absolute Gasteiger partial charge is 0.460 e. The molecule has 0 bridgehead atoms. The van der Waals surface area contributed by atoms with Crippen molar-refractivity contribution in [3.63, 3.8) is 0 Å². The summed E-state index contributed by atoms with van der Waals surface area (Å²) in [4.78, 5) is 15.8. The number of nitrogen functional groups attached to an aromatic ring is 1. The number of nitrogens with zero attached hydrogens (tertiary/aromatic N) is 3. The Morgan fingerprint density at radius 2 is 2.39 bits per heavy atom. The van der Waals surface area contributed by atoms with Crippen LogP contribution in [0, 0.1) is 6.92 Å². The van der Waals surface area contributed by atoms with Gasteiger partial charge in [0.05, 0.1) is 29.7 Å². The highest BCUT2D eigenvalue weighted by Crippen LogP contribution is 2.10. The van der Waals surface area contributed by atoms with Gasteiger partial charge in [-0.2, -0.15) is 5.10 Å². The Balaban J connectivity index is 1.93. The lowest BCUT2D eigenvalue weighted by atomic mass is 10.2. The summed E-state index contributed by atoms with van der Waals surface area (Å²) in [5, 5.41) is 4.01. The minimum atomic E-state index is -0.417. The van der Waals surface area contributed by atoms with Crippen molar-refractivity contribution in [1.82, 2.24) is 14.8 Å². The van der Waals surface area contributed by atoms with Crippen LogP contribution in [-0.2, 0) is 11.3 Å². The molecule has 0 aliphatic carbocycles. The Morgan fingerprint density at radius 3 is 3.11 bits per heavy atom. The molecule has 2 rings (SSSR count). The van der Waals surface area contributed by atoms with E-state index < -0.39 is 5.97 Å². The number of hydrogen-bond donors (Lipinski definition) is 1. The summed E-state index contributed by atoms with van der Waals surface area (Å²) in [6.07, 6.45) is 4.99. The number of carbonyl (C=O) groups excluding carboxylic acids is 1. The van der Waals surface area contributed by atoms with Gasteiger partial charge in [-0.3, -0.25) is 9.67 Å². The highest BCUT2D eigenvalue weighted by molar-refractivity contribution is 5.91. The second-order valence-corrected chi connectivity index (χ2v) is 3.81. The van der Waals surface area contributed by atoms with Crippen molar-refractivity contribution in [2.45, 2.75) is 13.5 Å². The van der Waals surface area contributed by atoms with Crippen molar-refractivity contribution in [1.29, 1.82) is 0 Å². The van der Waals surface area contributed by atoms with Crippen LogP contribution in [0.15, 0.2) is 30.7 Å². The first-order valence-electron chi connectivity index (χ1n) is 5.53. The lowest BCUT2D eigenvalue weighted by Crippen LogP contribution is -2.13. The van der Waals surface area contributed by atoms with Gasteiger partial charge in [0.15, 0.2) is 0 Å². The Kier molecular flexibility index (Phi) is 3.57. The molecular formula is C12H14N4O2. The van der Waals surface area contributed by atoms with E-state index >= 15 is 0 Å². The van der Waals surface area contributed by atoms with Gasteiger partial charge in [0.2, 0.25) is 0 Å². The summed E-state index contributed by atoms with van der Waals surface area (Å²) in [7, 11) is 0. The number of ether oxygens (including phenoxy) is 1. The molecule has 0 saturated heterocycles. The normalized spacial score (nSPS) is 10.3. The molecule has 0 aromatic carbocycles. The predicted molar refractivity (Wildman–Crippen MR) is 65.9 cm³/mol. The molecule has 2 aromatic rings. The van der Waals surface area contributed by atoms with Gasteiger partial charge in [0.1, 0.15) is 6.61 Å². The fraction of sp³-hybridized carbons (Fsp3) is 0.250. The van der Waals surface area contributed by atoms with Crippen LogP contribution in [0.5, 0.6) is 0 Å². The van der Waals surface area contributed by atoms with Crippen molar-refractivity contribution in [3.05, 3.63) is 42.0 Å². The highest BCUT2D eigenvalue weighted by Gasteiger charge is 2.11. The van der Waals surface area contributed by atoms with Gasteiger partial charge in [0.25, 0.3) is 0 Å². The Bertz CT molecular complexity index is 537. The number of nitrogens with two attached hydrogens (primary N) is 1. The fourth-order valence-electron chi connectivity index (χ4n) is 1.50. The van der Waals surface area contributed by atoms with Crippen LogP contribution in [0.2, 0.25) is 0 Å². The average Bonchev–Trinajstić information content (AvgIpc) is 2.85. The lowest BCUT2D eigenvalue weighted by Gasteiger charge is -2.07. The second kappa shape index (κ2) is 5.31. The van der Waals surface area contributed by atoms with Crippen molar-refractivity contribution >= 4 is 11.7 Å². The number of esters is 1. The summed E-state index contributed by atoms with van der Waals surface area (Å²) >= 11 is 0. The molecule has 0 radical (unpaired) electrons. The SMILES string of the molecule is Cc1ncc(N)cc1C(=O)OCCn1cccn1. The first-order valence-corrected chi connectivity index (χ1v) is 5.53. The molecule has 6 nitrogen and oxygen atoms in total. The van der Waals surface area contributed by atoms with Gasteiger partial charge in [-0.1, -0.05) is 0 Å². The van der Waals surface area contributed by atoms with Crippen molar-refractivity contribution in [2.24, 2.45) is 0 Å². The van der Waals surface area contributed by atoms with Gasteiger partial charge in [0, 0.05) is 12.4 Å². The summed E-state index contributed by atoms with van der Waals surface area (Å²) in [6.45, 7) is 2.52. The molecule has 0 saturated carbocycles. The molecule has 0 unspecified atom stereocenters. The average molecular weight is 246 g/mol. The van der Waals surface area contributed by atoms with E-state index in [2.05, 4.69) is 10.1 Å². The van der Waals surface area contributed by atoms with Crippen LogP contribution >= 0.6 is 0 Å². The summed E-state index contributed by atoms with van der Waals surface area (Å²) in [6, 6.07) is 3.38. The van der Waals surface area contributed by atoms with E-state index in [4.69, 9.17) is 10.5 Å². The predicted octanol–water partition coefficient (Wildman–Crippen LogP) is 1.03. The molecule has 2 N–H and O–H groups in total. The molecule has 0 aliphatic heterocycles. The molecule has 2 aromatic heterocycles. The maximum absolute atomic E-state index is 11.8. The number of carbonyl (C=O) groups is 1. The van der Waals surface area contributed by atoms with Crippen LogP contribution in [0.1, 0.15) is 16.1 Å². The van der Waals surface area contributed by atoms with Gasteiger partial charge >= 0.3 is 5.97 Å². The topological polar surface area (TPSA) is 83.0 Å². The summed E-state index contributed by atoms with van der Waals surface area (Å²) in [5.74, 6) is -0.417. The Hall–Kier alpha value is -2.37. The van der Waals surface area contributed by atoms with E-state index in [1.54, 1.807) is 30.1 Å². The fourth-order valence-corrected chi connectivity index (χ4v) is 1.50. The number of aromatic nitrogens is 3. The number of pyridine rings is 1. The lowest BCUT2D eigenvalue weighted by molar-refractivity contribution is 0.0486. The third-order valence-electron chi connectivity index (χ3n) is 2.44. The summed E-state index contributed by atoms with van der Waals surface area (Å²) in [5.41, 5.74) is 7.03. The summed E-state index contributed by atoms with van der Waals surface area (Å²) < 4.78 is 6.83. The number of aryl methyl sites for hydroxylation is 1.